The van der Waals surface area contributed by atoms with E-state index >= 15 is 0 Å². The lowest BCUT2D eigenvalue weighted by Crippen LogP contribution is -2.28. The third kappa shape index (κ3) is 4.04. The third-order valence-corrected chi connectivity index (χ3v) is 4.48. The molecule has 0 bridgehead atoms. The molecule has 0 radical (unpaired) electrons. The van der Waals surface area contributed by atoms with E-state index in [4.69, 9.17) is 11.6 Å². The number of H-pyrrole nitrogens is 1. The van der Waals surface area contributed by atoms with Gasteiger partial charge < -0.3 is 9.88 Å². The molecule has 1 N–H and O–H groups in total. The minimum atomic E-state index is -0.0106. The first-order valence-corrected chi connectivity index (χ1v) is 8.68. The number of fused-ring (bicyclic) bond motifs is 1. The van der Waals surface area contributed by atoms with E-state index in [2.05, 4.69) is 19.9 Å². The Morgan fingerprint density at radius 2 is 2.17 bits per heavy atom. The molecule has 8 heteroatoms. The molecule has 2 heterocycles. The molecule has 0 spiro atoms. The van der Waals surface area contributed by atoms with E-state index in [0.29, 0.717) is 16.7 Å². The van der Waals surface area contributed by atoms with Gasteiger partial charge in [0.05, 0.1) is 23.3 Å². The Labute approximate surface area is 148 Å². The molecule has 0 aliphatic rings. The smallest absolute Gasteiger partial charge is 0.233 e. The second-order valence-corrected chi connectivity index (χ2v) is 6.74. The fourth-order valence-corrected chi connectivity index (χ4v) is 3.14. The molecule has 0 aliphatic carbocycles. The van der Waals surface area contributed by atoms with E-state index in [1.807, 2.05) is 25.1 Å². The Bertz CT molecular complexity index is 882. The van der Waals surface area contributed by atoms with Crippen molar-refractivity contribution in [2.24, 2.45) is 0 Å². The predicted octanol–water partition coefficient (Wildman–Crippen LogP) is 3.07. The first-order chi connectivity index (χ1) is 11.5. The zero-order valence-electron chi connectivity index (χ0n) is 13.3. The SMILES string of the molecule is Cc1ccnc(SCC(=O)N(C)Cc2nc3ccc(Cl)cc3[nH]2)n1. The highest BCUT2D eigenvalue weighted by atomic mass is 35.5. The quantitative estimate of drug-likeness (QED) is 0.558. The Morgan fingerprint density at radius 1 is 1.33 bits per heavy atom. The van der Waals surface area contributed by atoms with Crippen LogP contribution in [0.15, 0.2) is 35.6 Å². The van der Waals surface area contributed by atoms with Gasteiger partial charge in [-0.05, 0) is 31.2 Å². The molecule has 2 aromatic heterocycles. The number of halogens is 1. The topological polar surface area (TPSA) is 74.8 Å². The molecule has 3 rings (SSSR count). The zero-order valence-corrected chi connectivity index (χ0v) is 14.9. The van der Waals surface area contributed by atoms with E-state index in [-0.39, 0.29) is 11.7 Å². The van der Waals surface area contributed by atoms with Crippen LogP contribution in [0, 0.1) is 6.92 Å². The summed E-state index contributed by atoms with van der Waals surface area (Å²) in [5.41, 5.74) is 2.58. The highest BCUT2D eigenvalue weighted by Gasteiger charge is 2.13. The van der Waals surface area contributed by atoms with E-state index < -0.39 is 0 Å². The van der Waals surface area contributed by atoms with Crippen molar-refractivity contribution in [2.45, 2.75) is 18.6 Å². The van der Waals surface area contributed by atoms with E-state index in [0.717, 1.165) is 22.6 Å². The molecule has 0 saturated carbocycles. The number of carbonyl (C=O) groups excluding carboxylic acids is 1. The third-order valence-electron chi connectivity index (χ3n) is 3.40. The van der Waals surface area contributed by atoms with Crippen LogP contribution >= 0.6 is 23.4 Å². The molecule has 0 fully saturated rings. The molecule has 124 valence electrons. The molecular formula is C16H16ClN5OS. The van der Waals surface area contributed by atoms with Crippen LogP contribution in [0.2, 0.25) is 5.02 Å². The largest absolute Gasteiger partial charge is 0.340 e. The van der Waals surface area contributed by atoms with Crippen molar-refractivity contribution in [2.75, 3.05) is 12.8 Å². The van der Waals surface area contributed by atoms with E-state index in [1.54, 1.807) is 24.2 Å². The molecule has 0 atom stereocenters. The molecule has 0 unspecified atom stereocenters. The van der Waals surface area contributed by atoms with Crippen molar-refractivity contribution < 1.29 is 4.79 Å². The van der Waals surface area contributed by atoms with Crippen molar-refractivity contribution in [3.8, 4) is 0 Å². The number of nitrogens with zero attached hydrogens (tertiary/aromatic N) is 4. The number of benzene rings is 1. The molecule has 1 amide bonds. The maximum Gasteiger partial charge on any atom is 0.233 e. The van der Waals surface area contributed by atoms with Gasteiger partial charge in [0, 0.05) is 24.0 Å². The molecule has 3 aromatic rings. The van der Waals surface area contributed by atoms with Crippen molar-refractivity contribution in [1.29, 1.82) is 0 Å². The van der Waals surface area contributed by atoms with Crippen LogP contribution in [0.4, 0.5) is 0 Å². The maximum absolute atomic E-state index is 12.3. The van der Waals surface area contributed by atoms with Crippen LogP contribution in [-0.2, 0) is 11.3 Å². The minimum Gasteiger partial charge on any atom is -0.340 e. The van der Waals surface area contributed by atoms with Crippen LogP contribution in [0.1, 0.15) is 11.5 Å². The minimum absolute atomic E-state index is 0.0106. The van der Waals surface area contributed by atoms with E-state index in [1.165, 1.54) is 11.8 Å². The zero-order chi connectivity index (χ0) is 17.1. The summed E-state index contributed by atoms with van der Waals surface area (Å²) in [5, 5.41) is 1.26. The number of hydrogen-bond acceptors (Lipinski definition) is 5. The molecule has 1 aromatic carbocycles. The van der Waals surface area contributed by atoms with Gasteiger partial charge >= 0.3 is 0 Å². The van der Waals surface area contributed by atoms with Crippen LogP contribution in [0.3, 0.4) is 0 Å². The fraction of sp³-hybridized carbons (Fsp3) is 0.250. The number of imidazole rings is 1. The van der Waals surface area contributed by atoms with Gasteiger partial charge in [0.25, 0.3) is 0 Å². The number of aromatic amines is 1. The number of carbonyl (C=O) groups is 1. The molecule has 0 saturated heterocycles. The van der Waals surface area contributed by atoms with Gasteiger partial charge in [-0.15, -0.1) is 0 Å². The highest BCUT2D eigenvalue weighted by Crippen LogP contribution is 2.18. The summed E-state index contributed by atoms with van der Waals surface area (Å²) in [6, 6.07) is 7.29. The van der Waals surface area contributed by atoms with Crippen molar-refractivity contribution >= 4 is 40.3 Å². The van der Waals surface area contributed by atoms with Crippen molar-refractivity contribution in [3.05, 3.63) is 47.0 Å². The number of nitrogens with one attached hydrogen (secondary N) is 1. The van der Waals surface area contributed by atoms with Crippen LogP contribution in [0.25, 0.3) is 11.0 Å². The fourth-order valence-electron chi connectivity index (χ4n) is 2.15. The first kappa shape index (κ1) is 16.7. The van der Waals surface area contributed by atoms with Crippen LogP contribution in [0.5, 0.6) is 0 Å². The summed E-state index contributed by atoms with van der Waals surface area (Å²) in [4.78, 5) is 30.0. The first-order valence-electron chi connectivity index (χ1n) is 7.32. The van der Waals surface area contributed by atoms with E-state index in [9.17, 15) is 4.79 Å². The number of aryl methyl sites for hydroxylation is 1. The monoisotopic (exact) mass is 361 g/mol. The Hall–Kier alpha value is -2.12. The number of rotatable bonds is 5. The number of hydrogen-bond donors (Lipinski definition) is 1. The molecule has 24 heavy (non-hydrogen) atoms. The summed E-state index contributed by atoms with van der Waals surface area (Å²) < 4.78 is 0. The lowest BCUT2D eigenvalue weighted by atomic mass is 10.3. The lowest BCUT2D eigenvalue weighted by Gasteiger charge is -2.15. The summed E-state index contributed by atoms with van der Waals surface area (Å²) in [6.45, 7) is 2.30. The van der Waals surface area contributed by atoms with Gasteiger partial charge in [-0.1, -0.05) is 23.4 Å². The van der Waals surface area contributed by atoms with Crippen molar-refractivity contribution in [3.63, 3.8) is 0 Å². The standard InChI is InChI=1S/C16H16ClN5OS/c1-10-5-6-18-16(19-10)24-9-15(23)22(2)8-14-20-12-4-3-11(17)7-13(12)21-14/h3-7H,8-9H2,1-2H3,(H,20,21). The van der Waals surface area contributed by atoms with Crippen LogP contribution in [-0.4, -0.2) is 43.5 Å². The summed E-state index contributed by atoms with van der Waals surface area (Å²) >= 11 is 7.29. The van der Waals surface area contributed by atoms with Gasteiger partial charge in [-0.25, -0.2) is 15.0 Å². The summed E-state index contributed by atoms with van der Waals surface area (Å²) in [5.74, 6) is 0.995. The molecular weight excluding hydrogens is 346 g/mol. The summed E-state index contributed by atoms with van der Waals surface area (Å²) in [6.07, 6.45) is 1.69. The normalized spacial score (nSPS) is 11.0. The second-order valence-electron chi connectivity index (χ2n) is 5.36. The highest BCUT2D eigenvalue weighted by molar-refractivity contribution is 7.99. The maximum atomic E-state index is 12.3. The lowest BCUT2D eigenvalue weighted by molar-refractivity contribution is -0.127. The Balaban J connectivity index is 1.60. The van der Waals surface area contributed by atoms with Crippen molar-refractivity contribution in [1.82, 2.24) is 24.8 Å². The number of thioether (sulfide) groups is 1. The van der Waals surface area contributed by atoms with Crippen LogP contribution < -0.4 is 0 Å². The molecule has 6 nitrogen and oxygen atoms in total. The van der Waals surface area contributed by atoms with Gasteiger partial charge in [-0.2, -0.15) is 0 Å². The second kappa shape index (κ2) is 7.19. The average Bonchev–Trinajstić information content (AvgIpc) is 2.93. The average molecular weight is 362 g/mol. The van der Waals surface area contributed by atoms with Gasteiger partial charge in [0.2, 0.25) is 5.91 Å². The predicted molar refractivity (Wildman–Crippen MR) is 95.1 cm³/mol. The summed E-state index contributed by atoms with van der Waals surface area (Å²) in [7, 11) is 1.75. The Kier molecular flexibility index (Phi) is 5.01. The van der Waals surface area contributed by atoms with Gasteiger partial charge in [0.15, 0.2) is 5.16 Å². The Morgan fingerprint density at radius 3 is 2.96 bits per heavy atom. The molecule has 0 aliphatic heterocycles. The number of amides is 1. The van der Waals surface area contributed by atoms with Gasteiger partial charge in [0.1, 0.15) is 5.82 Å². The number of aromatic nitrogens is 4. The van der Waals surface area contributed by atoms with Gasteiger partial charge in [-0.3, -0.25) is 4.79 Å².